The number of pyridine rings is 1. The smallest absolute Gasteiger partial charge is 0.0455 e. The highest BCUT2D eigenvalue weighted by Crippen LogP contribution is 2.17. The van der Waals surface area contributed by atoms with Crippen LogP contribution in [0.5, 0.6) is 0 Å². The van der Waals surface area contributed by atoms with Gasteiger partial charge >= 0.3 is 0 Å². The van der Waals surface area contributed by atoms with Gasteiger partial charge in [0.2, 0.25) is 0 Å². The predicted molar refractivity (Wildman–Crippen MR) is 63.9 cm³/mol. The Balaban J connectivity index is 0.00000169. The van der Waals surface area contributed by atoms with Crippen molar-refractivity contribution >= 4 is 18.1 Å². The summed E-state index contributed by atoms with van der Waals surface area (Å²) in [5, 5.41) is 0. The average Bonchev–Trinajstić information content (AvgIpc) is 2.11. The zero-order valence-corrected chi connectivity index (χ0v) is 9.73. The summed E-state index contributed by atoms with van der Waals surface area (Å²) in [6.45, 7) is 4.34. The number of halogens is 1. The molecule has 0 spiro atoms. The molecule has 0 radical (unpaired) electrons. The number of aryl methyl sites for hydroxylation is 1. The maximum absolute atomic E-state index is 5.90. The predicted octanol–water partition coefficient (Wildman–Crippen LogP) is 2.99. The molecule has 3 heteroatoms. The summed E-state index contributed by atoms with van der Waals surface area (Å²) in [5.41, 5.74) is 9.24. The number of hydrogen-bond acceptors (Lipinski definition) is 2. The monoisotopic (exact) mass is 214 g/mol. The van der Waals surface area contributed by atoms with Crippen molar-refractivity contribution in [3.63, 3.8) is 0 Å². The first-order valence-electron chi connectivity index (χ1n) is 5.01. The third kappa shape index (κ3) is 3.18. The molecule has 1 aromatic rings. The molecule has 0 aliphatic carbocycles. The van der Waals surface area contributed by atoms with Crippen LogP contribution in [0, 0.1) is 0 Å². The quantitative estimate of drug-likeness (QED) is 0.837. The van der Waals surface area contributed by atoms with Crippen LogP contribution in [0.25, 0.3) is 0 Å². The van der Waals surface area contributed by atoms with Gasteiger partial charge in [-0.05, 0) is 24.5 Å². The topological polar surface area (TPSA) is 38.9 Å². The van der Waals surface area contributed by atoms with Crippen molar-refractivity contribution in [2.45, 2.75) is 39.5 Å². The fourth-order valence-corrected chi connectivity index (χ4v) is 1.54. The second kappa shape index (κ2) is 6.66. The molecule has 0 saturated heterocycles. The molecule has 80 valence electrons. The van der Waals surface area contributed by atoms with E-state index in [-0.39, 0.29) is 12.4 Å². The summed E-state index contributed by atoms with van der Waals surface area (Å²) in [7, 11) is 0. The summed E-state index contributed by atoms with van der Waals surface area (Å²) in [5.74, 6) is 0. The number of nitrogens with zero attached hydrogens (tertiary/aromatic N) is 1. The van der Waals surface area contributed by atoms with Crippen molar-refractivity contribution in [2.24, 2.45) is 0 Å². The minimum Gasteiger partial charge on any atom is -0.398 e. The van der Waals surface area contributed by atoms with Gasteiger partial charge in [-0.25, -0.2) is 0 Å². The lowest BCUT2D eigenvalue weighted by molar-refractivity contribution is 0.831. The molecule has 1 aromatic heterocycles. The second-order valence-corrected chi connectivity index (χ2v) is 3.33. The largest absolute Gasteiger partial charge is 0.398 e. The zero-order chi connectivity index (χ0) is 9.68. The lowest BCUT2D eigenvalue weighted by atomic mass is 10.0. The van der Waals surface area contributed by atoms with Crippen LogP contribution in [-0.4, -0.2) is 4.98 Å². The molecule has 0 atom stereocenters. The van der Waals surface area contributed by atoms with Gasteiger partial charge < -0.3 is 5.73 Å². The van der Waals surface area contributed by atoms with Gasteiger partial charge in [0.05, 0.1) is 0 Å². The summed E-state index contributed by atoms with van der Waals surface area (Å²) < 4.78 is 0. The van der Waals surface area contributed by atoms with Crippen molar-refractivity contribution in [3.8, 4) is 0 Å². The second-order valence-electron chi connectivity index (χ2n) is 3.33. The summed E-state index contributed by atoms with van der Waals surface area (Å²) >= 11 is 0. The van der Waals surface area contributed by atoms with Gasteiger partial charge in [-0.2, -0.15) is 0 Å². The molecule has 0 unspecified atom stereocenters. The van der Waals surface area contributed by atoms with E-state index in [2.05, 4.69) is 18.8 Å². The van der Waals surface area contributed by atoms with Crippen LogP contribution in [0.1, 0.15) is 37.9 Å². The van der Waals surface area contributed by atoms with Crippen LogP contribution in [0.2, 0.25) is 0 Å². The third-order valence-corrected chi connectivity index (χ3v) is 2.17. The minimum absolute atomic E-state index is 0. The van der Waals surface area contributed by atoms with Crippen LogP contribution in [0.15, 0.2) is 12.3 Å². The Kier molecular flexibility index (Phi) is 6.30. The van der Waals surface area contributed by atoms with E-state index in [4.69, 9.17) is 5.73 Å². The van der Waals surface area contributed by atoms with Crippen LogP contribution in [0.3, 0.4) is 0 Å². The minimum atomic E-state index is 0. The molecular formula is C11H19ClN2. The SMILES string of the molecule is CCCc1nccc(N)c1CCC.Cl. The third-order valence-electron chi connectivity index (χ3n) is 2.17. The van der Waals surface area contributed by atoms with Crippen molar-refractivity contribution in [2.75, 3.05) is 5.73 Å². The average molecular weight is 215 g/mol. The maximum atomic E-state index is 5.90. The van der Waals surface area contributed by atoms with Crippen LogP contribution in [0.4, 0.5) is 5.69 Å². The Morgan fingerprint density at radius 1 is 1.21 bits per heavy atom. The van der Waals surface area contributed by atoms with Gasteiger partial charge in [0.25, 0.3) is 0 Å². The van der Waals surface area contributed by atoms with Crippen molar-refractivity contribution in [1.29, 1.82) is 0 Å². The molecule has 14 heavy (non-hydrogen) atoms. The summed E-state index contributed by atoms with van der Waals surface area (Å²) in [6, 6.07) is 1.89. The van der Waals surface area contributed by atoms with E-state index in [9.17, 15) is 0 Å². The van der Waals surface area contributed by atoms with Crippen molar-refractivity contribution in [3.05, 3.63) is 23.5 Å². The molecule has 0 bridgehead atoms. The van der Waals surface area contributed by atoms with Gasteiger partial charge in [0.15, 0.2) is 0 Å². The number of hydrogen-bond donors (Lipinski definition) is 1. The first kappa shape index (κ1) is 13.2. The van der Waals surface area contributed by atoms with E-state index in [1.165, 1.54) is 11.3 Å². The molecular weight excluding hydrogens is 196 g/mol. The van der Waals surface area contributed by atoms with E-state index >= 15 is 0 Å². The van der Waals surface area contributed by atoms with Crippen molar-refractivity contribution in [1.82, 2.24) is 4.98 Å². The Morgan fingerprint density at radius 3 is 2.43 bits per heavy atom. The lowest BCUT2D eigenvalue weighted by Gasteiger charge is -2.09. The molecule has 0 aliphatic rings. The molecule has 0 aliphatic heterocycles. The van der Waals surface area contributed by atoms with Crippen molar-refractivity contribution < 1.29 is 0 Å². The molecule has 0 aromatic carbocycles. The van der Waals surface area contributed by atoms with Gasteiger partial charge in [0.1, 0.15) is 0 Å². The highest BCUT2D eigenvalue weighted by atomic mass is 35.5. The van der Waals surface area contributed by atoms with Crippen LogP contribution < -0.4 is 5.73 Å². The molecule has 0 saturated carbocycles. The van der Waals surface area contributed by atoms with Crippen LogP contribution in [-0.2, 0) is 12.8 Å². The lowest BCUT2D eigenvalue weighted by Crippen LogP contribution is -2.02. The summed E-state index contributed by atoms with van der Waals surface area (Å²) in [6.07, 6.45) is 6.16. The highest BCUT2D eigenvalue weighted by molar-refractivity contribution is 5.85. The maximum Gasteiger partial charge on any atom is 0.0455 e. The molecule has 1 heterocycles. The number of nitrogens with two attached hydrogens (primary N) is 1. The van der Waals surface area contributed by atoms with E-state index < -0.39 is 0 Å². The van der Waals surface area contributed by atoms with Crippen LogP contribution >= 0.6 is 12.4 Å². The Hall–Kier alpha value is -0.760. The van der Waals surface area contributed by atoms with Gasteiger partial charge in [-0.3, -0.25) is 4.98 Å². The van der Waals surface area contributed by atoms with E-state index in [0.29, 0.717) is 0 Å². The molecule has 2 N–H and O–H groups in total. The Bertz CT molecular complexity index is 274. The molecule has 0 amide bonds. The Morgan fingerprint density at radius 2 is 1.86 bits per heavy atom. The molecule has 1 rings (SSSR count). The van der Waals surface area contributed by atoms with E-state index in [1.54, 1.807) is 6.20 Å². The Labute approximate surface area is 92.3 Å². The molecule has 2 nitrogen and oxygen atoms in total. The van der Waals surface area contributed by atoms with E-state index in [0.717, 1.165) is 31.4 Å². The normalized spacial score (nSPS) is 9.57. The van der Waals surface area contributed by atoms with Gasteiger partial charge in [-0.1, -0.05) is 26.7 Å². The zero-order valence-electron chi connectivity index (χ0n) is 8.92. The fraction of sp³-hybridized carbons (Fsp3) is 0.545. The number of rotatable bonds is 4. The standard InChI is InChI=1S/C11H18N2.ClH/c1-3-5-9-10(12)7-8-13-11(9)6-4-2;/h7-8H,3-6H2,1-2H3,(H2,12,13);1H. The number of nitrogen functional groups attached to an aromatic ring is 1. The van der Waals surface area contributed by atoms with Gasteiger partial charge in [-0.15, -0.1) is 12.4 Å². The van der Waals surface area contributed by atoms with Gasteiger partial charge in [0, 0.05) is 17.6 Å². The number of aromatic nitrogens is 1. The summed E-state index contributed by atoms with van der Waals surface area (Å²) in [4.78, 5) is 4.37. The fourth-order valence-electron chi connectivity index (χ4n) is 1.54. The highest BCUT2D eigenvalue weighted by Gasteiger charge is 2.05. The van der Waals surface area contributed by atoms with E-state index in [1.807, 2.05) is 6.07 Å². The first-order chi connectivity index (χ1) is 6.29. The molecule has 0 fully saturated rings. The number of anilines is 1. The first-order valence-corrected chi connectivity index (χ1v) is 5.01.